The zero-order chi connectivity index (χ0) is 6.85. The van der Waals surface area contributed by atoms with Crippen LogP contribution in [0.5, 0.6) is 0 Å². The summed E-state index contributed by atoms with van der Waals surface area (Å²) < 4.78 is 0. The first-order valence-corrected chi connectivity index (χ1v) is 3.25. The van der Waals surface area contributed by atoms with E-state index in [1.807, 2.05) is 0 Å². The van der Waals surface area contributed by atoms with Crippen LogP contribution in [0, 0.1) is 0 Å². The van der Waals surface area contributed by atoms with Crippen molar-refractivity contribution in [3.8, 4) is 0 Å². The third-order valence-electron chi connectivity index (χ3n) is 1.01. The number of rotatable bonds is 0. The van der Waals surface area contributed by atoms with E-state index in [1.54, 1.807) is 12.2 Å². The van der Waals surface area contributed by atoms with Crippen LogP contribution in [0.3, 0.4) is 0 Å². The van der Waals surface area contributed by atoms with E-state index in [9.17, 15) is 4.79 Å². The molecule has 0 radical (unpaired) electrons. The highest BCUT2D eigenvalue weighted by molar-refractivity contribution is 6.45. The Morgan fingerprint density at radius 1 is 1.56 bits per heavy atom. The first kappa shape index (κ1) is 6.84. The number of halogens is 2. The van der Waals surface area contributed by atoms with Crippen LogP contribution in [0.2, 0.25) is 0 Å². The van der Waals surface area contributed by atoms with E-state index >= 15 is 0 Å². The SMILES string of the molecule is O=C1C=CC=C(Cl)C1Cl. The fraction of sp³-hybridized carbons (Fsp3) is 0.167. The zero-order valence-corrected chi connectivity index (χ0v) is 5.99. The molecule has 0 N–H and O–H groups in total. The van der Waals surface area contributed by atoms with Crippen molar-refractivity contribution in [2.24, 2.45) is 0 Å². The van der Waals surface area contributed by atoms with E-state index in [-0.39, 0.29) is 5.78 Å². The molecule has 1 rings (SSSR count). The minimum absolute atomic E-state index is 0.149. The van der Waals surface area contributed by atoms with Gasteiger partial charge in [0.1, 0.15) is 5.38 Å². The molecular formula is C6H4Cl2O. The molecule has 0 saturated heterocycles. The van der Waals surface area contributed by atoms with Gasteiger partial charge in [-0.05, 0) is 12.2 Å². The molecule has 1 aliphatic rings. The zero-order valence-electron chi connectivity index (χ0n) is 4.47. The van der Waals surface area contributed by atoms with Crippen LogP contribution in [-0.4, -0.2) is 11.2 Å². The van der Waals surface area contributed by atoms with Gasteiger partial charge in [0, 0.05) is 5.03 Å². The topological polar surface area (TPSA) is 17.1 Å². The monoisotopic (exact) mass is 162 g/mol. The number of hydrogen-bond donors (Lipinski definition) is 0. The molecule has 0 aromatic rings. The number of ketones is 1. The summed E-state index contributed by atoms with van der Waals surface area (Å²) in [5, 5.41) is -0.263. The molecule has 1 atom stereocenters. The molecule has 9 heavy (non-hydrogen) atoms. The van der Waals surface area contributed by atoms with Crippen molar-refractivity contribution in [1.29, 1.82) is 0 Å². The highest BCUT2D eigenvalue weighted by Gasteiger charge is 2.17. The lowest BCUT2D eigenvalue weighted by molar-refractivity contribution is -0.113. The summed E-state index contributed by atoms with van der Waals surface area (Å²) >= 11 is 11.0. The van der Waals surface area contributed by atoms with Gasteiger partial charge in [-0.15, -0.1) is 11.6 Å². The Morgan fingerprint density at radius 3 is 2.67 bits per heavy atom. The maximum atomic E-state index is 10.7. The molecule has 1 aliphatic carbocycles. The van der Waals surface area contributed by atoms with Crippen LogP contribution in [0.25, 0.3) is 0 Å². The van der Waals surface area contributed by atoms with Gasteiger partial charge in [0.2, 0.25) is 0 Å². The average Bonchev–Trinajstić information content (AvgIpc) is 1.83. The summed E-state index contributed by atoms with van der Waals surface area (Å²) in [6.45, 7) is 0. The van der Waals surface area contributed by atoms with Crippen LogP contribution >= 0.6 is 23.2 Å². The Kier molecular flexibility index (Phi) is 1.94. The van der Waals surface area contributed by atoms with E-state index in [0.29, 0.717) is 5.03 Å². The standard InChI is InChI=1S/C6H4Cl2O/c7-4-2-1-3-5(9)6(4)8/h1-3,6H. The lowest BCUT2D eigenvalue weighted by atomic mass is 10.2. The second-order valence-corrected chi connectivity index (χ2v) is 2.55. The molecular weight excluding hydrogens is 159 g/mol. The molecule has 3 heteroatoms. The summed E-state index contributed by atoms with van der Waals surface area (Å²) in [6.07, 6.45) is 4.60. The number of carbonyl (C=O) groups excluding carboxylic acids is 1. The van der Waals surface area contributed by atoms with Gasteiger partial charge < -0.3 is 0 Å². The van der Waals surface area contributed by atoms with Crippen molar-refractivity contribution in [3.05, 3.63) is 23.3 Å². The van der Waals surface area contributed by atoms with Gasteiger partial charge in [0.25, 0.3) is 0 Å². The van der Waals surface area contributed by atoms with Crippen molar-refractivity contribution in [3.63, 3.8) is 0 Å². The van der Waals surface area contributed by atoms with Crippen molar-refractivity contribution >= 4 is 29.0 Å². The molecule has 0 saturated carbocycles. The Balaban J connectivity index is 2.86. The van der Waals surface area contributed by atoms with Crippen LogP contribution in [0.15, 0.2) is 23.3 Å². The van der Waals surface area contributed by atoms with Gasteiger partial charge in [0.15, 0.2) is 5.78 Å². The Hall–Kier alpha value is -0.270. The third kappa shape index (κ3) is 1.35. The molecule has 0 amide bonds. The minimum atomic E-state index is -0.656. The van der Waals surface area contributed by atoms with Gasteiger partial charge >= 0.3 is 0 Å². The van der Waals surface area contributed by atoms with Crippen molar-refractivity contribution in [2.45, 2.75) is 5.38 Å². The third-order valence-corrected chi connectivity index (χ3v) is 1.91. The smallest absolute Gasteiger partial charge is 0.178 e. The van der Waals surface area contributed by atoms with Gasteiger partial charge in [0.05, 0.1) is 0 Å². The van der Waals surface area contributed by atoms with Crippen LogP contribution in [-0.2, 0) is 4.79 Å². The fourth-order valence-corrected chi connectivity index (χ4v) is 0.865. The molecule has 48 valence electrons. The first-order valence-electron chi connectivity index (χ1n) is 2.43. The number of alkyl halides is 1. The lowest BCUT2D eigenvalue weighted by Crippen LogP contribution is -2.13. The van der Waals surface area contributed by atoms with Gasteiger partial charge in [-0.25, -0.2) is 0 Å². The molecule has 0 bridgehead atoms. The van der Waals surface area contributed by atoms with E-state index in [0.717, 1.165) is 0 Å². The van der Waals surface area contributed by atoms with Gasteiger partial charge in [-0.3, -0.25) is 4.79 Å². The maximum absolute atomic E-state index is 10.7. The normalized spacial score (nSPS) is 26.2. The van der Waals surface area contributed by atoms with Gasteiger partial charge in [-0.1, -0.05) is 17.7 Å². The molecule has 0 fully saturated rings. The molecule has 0 heterocycles. The second kappa shape index (κ2) is 2.54. The van der Waals surface area contributed by atoms with Crippen LogP contribution in [0.1, 0.15) is 0 Å². The Labute approximate surface area is 62.9 Å². The highest BCUT2D eigenvalue weighted by atomic mass is 35.5. The Morgan fingerprint density at radius 2 is 2.22 bits per heavy atom. The largest absolute Gasteiger partial charge is 0.293 e. The lowest BCUT2D eigenvalue weighted by Gasteiger charge is -2.05. The van der Waals surface area contributed by atoms with E-state index in [4.69, 9.17) is 23.2 Å². The first-order chi connectivity index (χ1) is 4.22. The predicted molar refractivity (Wildman–Crippen MR) is 37.7 cm³/mol. The molecule has 1 nitrogen and oxygen atoms in total. The average molecular weight is 163 g/mol. The maximum Gasteiger partial charge on any atom is 0.178 e. The quantitative estimate of drug-likeness (QED) is 0.498. The summed E-state index contributed by atoms with van der Waals surface area (Å²) in [5.41, 5.74) is 0. The summed E-state index contributed by atoms with van der Waals surface area (Å²) in [6, 6.07) is 0. The van der Waals surface area contributed by atoms with Crippen LogP contribution < -0.4 is 0 Å². The molecule has 0 aromatic heterocycles. The summed E-state index contributed by atoms with van der Waals surface area (Å²) in [7, 11) is 0. The predicted octanol–water partition coefficient (Wildman–Crippen LogP) is 1.86. The van der Waals surface area contributed by atoms with Crippen molar-refractivity contribution in [1.82, 2.24) is 0 Å². The van der Waals surface area contributed by atoms with Crippen molar-refractivity contribution < 1.29 is 4.79 Å². The van der Waals surface area contributed by atoms with Crippen LogP contribution in [0.4, 0.5) is 0 Å². The number of allylic oxidation sites excluding steroid dienone is 4. The van der Waals surface area contributed by atoms with E-state index in [2.05, 4.69) is 0 Å². The fourth-order valence-electron chi connectivity index (χ4n) is 0.540. The Bertz CT molecular complexity index is 193. The summed E-state index contributed by atoms with van der Waals surface area (Å²) in [5.74, 6) is -0.149. The highest BCUT2D eigenvalue weighted by Crippen LogP contribution is 2.18. The summed E-state index contributed by atoms with van der Waals surface area (Å²) in [4.78, 5) is 10.7. The van der Waals surface area contributed by atoms with E-state index < -0.39 is 5.38 Å². The van der Waals surface area contributed by atoms with Gasteiger partial charge in [-0.2, -0.15) is 0 Å². The molecule has 1 unspecified atom stereocenters. The molecule has 0 aromatic carbocycles. The second-order valence-electron chi connectivity index (χ2n) is 1.68. The molecule has 0 spiro atoms. The van der Waals surface area contributed by atoms with E-state index in [1.165, 1.54) is 6.08 Å². The number of carbonyl (C=O) groups is 1. The van der Waals surface area contributed by atoms with Crippen molar-refractivity contribution in [2.75, 3.05) is 0 Å². The molecule has 0 aliphatic heterocycles. The number of hydrogen-bond acceptors (Lipinski definition) is 1. The minimum Gasteiger partial charge on any atom is -0.293 e.